The van der Waals surface area contributed by atoms with Gasteiger partial charge in [0.15, 0.2) is 0 Å². The molecule has 0 saturated carbocycles. The van der Waals surface area contributed by atoms with E-state index >= 15 is 0 Å². The Hall–Kier alpha value is -1.36. The van der Waals surface area contributed by atoms with E-state index in [-0.39, 0.29) is 12.0 Å². The van der Waals surface area contributed by atoms with Crippen LogP contribution < -0.4 is 0 Å². The zero-order valence-electron chi connectivity index (χ0n) is 9.39. The number of piperidine rings is 1. The normalized spacial score (nSPS) is 21.3. The molecule has 1 atom stereocenters. The summed E-state index contributed by atoms with van der Waals surface area (Å²) in [6, 6.07) is 0. The number of rotatable bonds is 4. The van der Waals surface area contributed by atoms with E-state index in [1.165, 1.54) is 0 Å². The minimum Gasteiger partial charge on any atom is -0.478 e. The highest BCUT2D eigenvalue weighted by atomic mass is 16.5. The number of aliphatic carboxylic acids is 1. The van der Waals surface area contributed by atoms with Crippen molar-refractivity contribution < 1.29 is 19.4 Å². The molecule has 0 aliphatic carbocycles. The number of likely N-dealkylation sites (tertiary alicyclic amines) is 1. The molecule has 0 spiro atoms. The van der Waals surface area contributed by atoms with E-state index in [1.54, 1.807) is 4.90 Å². The number of hydrogen-bond acceptors (Lipinski definition) is 3. The van der Waals surface area contributed by atoms with Gasteiger partial charge >= 0.3 is 5.97 Å². The number of amides is 1. The van der Waals surface area contributed by atoms with Gasteiger partial charge in [0.05, 0.1) is 6.10 Å². The molecule has 1 fully saturated rings. The van der Waals surface area contributed by atoms with Crippen LogP contribution in [0.25, 0.3) is 0 Å². The van der Waals surface area contributed by atoms with Crippen molar-refractivity contribution in [1.29, 1.82) is 0 Å². The van der Waals surface area contributed by atoms with Gasteiger partial charge in [0.25, 0.3) is 0 Å². The Morgan fingerprint density at radius 2 is 2.25 bits per heavy atom. The number of ether oxygens (including phenoxy) is 1. The number of nitrogens with zero attached hydrogens (tertiary/aromatic N) is 1. The van der Waals surface area contributed by atoms with Gasteiger partial charge in [-0.15, -0.1) is 0 Å². The molecule has 16 heavy (non-hydrogen) atoms. The van der Waals surface area contributed by atoms with Gasteiger partial charge in [-0.2, -0.15) is 0 Å². The average molecular weight is 227 g/mol. The molecule has 0 aromatic rings. The Kier molecular flexibility index (Phi) is 4.98. The van der Waals surface area contributed by atoms with Gasteiger partial charge in [0, 0.05) is 31.8 Å². The standard InChI is InChI=1S/C11H17NO4/c1-2-16-9-4-3-7-12(8-9)10(13)5-6-11(14)15/h5-6,9H,2-4,7-8H2,1H3,(H,14,15). The molecule has 1 saturated heterocycles. The molecule has 5 nitrogen and oxygen atoms in total. The summed E-state index contributed by atoms with van der Waals surface area (Å²) >= 11 is 0. The van der Waals surface area contributed by atoms with E-state index in [4.69, 9.17) is 9.84 Å². The van der Waals surface area contributed by atoms with Gasteiger partial charge in [-0.25, -0.2) is 4.79 Å². The molecule has 5 heteroatoms. The van der Waals surface area contributed by atoms with Gasteiger partial charge in [0.1, 0.15) is 0 Å². The van der Waals surface area contributed by atoms with Gasteiger partial charge in [-0.05, 0) is 19.8 Å². The summed E-state index contributed by atoms with van der Waals surface area (Å²) < 4.78 is 5.45. The Balaban J connectivity index is 2.46. The quantitative estimate of drug-likeness (QED) is 0.716. The van der Waals surface area contributed by atoms with E-state index < -0.39 is 5.97 Å². The summed E-state index contributed by atoms with van der Waals surface area (Å²) in [6.07, 6.45) is 3.90. The molecule has 0 aromatic heterocycles. The van der Waals surface area contributed by atoms with Crippen molar-refractivity contribution in [2.24, 2.45) is 0 Å². The van der Waals surface area contributed by atoms with Crippen molar-refractivity contribution in [3.05, 3.63) is 12.2 Å². The second kappa shape index (κ2) is 6.27. The summed E-state index contributed by atoms with van der Waals surface area (Å²) in [5.74, 6) is -1.36. The van der Waals surface area contributed by atoms with E-state index in [2.05, 4.69) is 0 Å². The van der Waals surface area contributed by atoms with Crippen LogP contribution in [0.5, 0.6) is 0 Å². The molecule has 1 N–H and O–H groups in total. The minimum absolute atomic E-state index is 0.0842. The lowest BCUT2D eigenvalue weighted by atomic mass is 10.1. The highest BCUT2D eigenvalue weighted by Gasteiger charge is 2.22. The van der Waals surface area contributed by atoms with Gasteiger partial charge in [-0.3, -0.25) is 4.79 Å². The monoisotopic (exact) mass is 227 g/mol. The zero-order chi connectivity index (χ0) is 12.0. The lowest BCUT2D eigenvalue weighted by Gasteiger charge is -2.31. The van der Waals surface area contributed by atoms with Crippen LogP contribution in [0, 0.1) is 0 Å². The summed E-state index contributed by atoms with van der Waals surface area (Å²) in [7, 11) is 0. The molecule has 1 amide bonds. The van der Waals surface area contributed by atoms with E-state index in [0.717, 1.165) is 25.0 Å². The molecule has 0 radical (unpaired) electrons. The molecule has 90 valence electrons. The fourth-order valence-electron chi connectivity index (χ4n) is 1.76. The first kappa shape index (κ1) is 12.7. The van der Waals surface area contributed by atoms with Crippen molar-refractivity contribution in [2.45, 2.75) is 25.9 Å². The molecular formula is C11H17NO4. The van der Waals surface area contributed by atoms with Crippen molar-refractivity contribution in [2.75, 3.05) is 19.7 Å². The highest BCUT2D eigenvalue weighted by Crippen LogP contribution is 2.13. The maximum Gasteiger partial charge on any atom is 0.328 e. The van der Waals surface area contributed by atoms with Crippen molar-refractivity contribution in [1.82, 2.24) is 4.90 Å². The maximum atomic E-state index is 11.6. The summed E-state index contributed by atoms with van der Waals surface area (Å²) in [4.78, 5) is 23.5. The maximum absolute atomic E-state index is 11.6. The average Bonchev–Trinajstić information content (AvgIpc) is 2.26. The highest BCUT2D eigenvalue weighted by molar-refractivity contribution is 5.93. The molecule has 1 aliphatic rings. The third-order valence-corrected chi connectivity index (χ3v) is 2.46. The largest absolute Gasteiger partial charge is 0.478 e. The molecular weight excluding hydrogens is 210 g/mol. The van der Waals surface area contributed by atoms with Crippen molar-refractivity contribution in [3.63, 3.8) is 0 Å². The Bertz CT molecular complexity index is 286. The van der Waals surface area contributed by atoms with Crippen LogP contribution in [-0.2, 0) is 14.3 Å². The predicted molar refractivity (Wildman–Crippen MR) is 58.0 cm³/mol. The first-order chi connectivity index (χ1) is 7.63. The van der Waals surface area contributed by atoms with Crippen LogP contribution in [-0.4, -0.2) is 47.7 Å². The molecule has 1 aliphatic heterocycles. The second-order valence-electron chi connectivity index (χ2n) is 3.68. The lowest BCUT2D eigenvalue weighted by molar-refractivity contribution is -0.133. The van der Waals surface area contributed by atoms with Gasteiger partial charge in [-0.1, -0.05) is 0 Å². The Morgan fingerprint density at radius 1 is 1.50 bits per heavy atom. The van der Waals surface area contributed by atoms with Gasteiger partial charge in [0.2, 0.25) is 5.91 Å². The number of hydrogen-bond donors (Lipinski definition) is 1. The van der Waals surface area contributed by atoms with Crippen LogP contribution in [0.3, 0.4) is 0 Å². The molecule has 0 aromatic carbocycles. The van der Waals surface area contributed by atoms with Crippen LogP contribution in [0.2, 0.25) is 0 Å². The second-order valence-corrected chi connectivity index (χ2v) is 3.68. The van der Waals surface area contributed by atoms with Crippen LogP contribution >= 0.6 is 0 Å². The lowest BCUT2D eigenvalue weighted by Crippen LogP contribution is -2.42. The van der Waals surface area contributed by atoms with E-state index in [1.807, 2.05) is 6.92 Å². The Labute approximate surface area is 94.7 Å². The Morgan fingerprint density at radius 3 is 2.88 bits per heavy atom. The predicted octanol–water partition coefficient (Wildman–Crippen LogP) is 0.655. The third kappa shape index (κ3) is 4.02. The van der Waals surface area contributed by atoms with Crippen LogP contribution in [0.4, 0.5) is 0 Å². The van der Waals surface area contributed by atoms with Crippen LogP contribution in [0.1, 0.15) is 19.8 Å². The first-order valence-corrected chi connectivity index (χ1v) is 5.45. The number of carbonyl (C=O) groups excluding carboxylic acids is 1. The van der Waals surface area contributed by atoms with Crippen LogP contribution in [0.15, 0.2) is 12.2 Å². The van der Waals surface area contributed by atoms with E-state index in [0.29, 0.717) is 19.7 Å². The van der Waals surface area contributed by atoms with E-state index in [9.17, 15) is 9.59 Å². The van der Waals surface area contributed by atoms with Crippen molar-refractivity contribution in [3.8, 4) is 0 Å². The van der Waals surface area contributed by atoms with Crippen molar-refractivity contribution >= 4 is 11.9 Å². The number of carbonyl (C=O) groups is 2. The number of carboxylic acid groups (broad SMARTS) is 1. The summed E-state index contributed by atoms with van der Waals surface area (Å²) in [5.41, 5.74) is 0. The topological polar surface area (TPSA) is 66.8 Å². The molecule has 1 unspecified atom stereocenters. The van der Waals surface area contributed by atoms with Gasteiger partial charge < -0.3 is 14.7 Å². The molecule has 1 rings (SSSR count). The minimum atomic E-state index is -1.10. The number of carboxylic acids is 1. The summed E-state index contributed by atoms with van der Waals surface area (Å²) in [6.45, 7) is 3.78. The fraction of sp³-hybridized carbons (Fsp3) is 0.636. The molecule has 0 bridgehead atoms. The first-order valence-electron chi connectivity index (χ1n) is 5.45. The third-order valence-electron chi connectivity index (χ3n) is 2.46. The smallest absolute Gasteiger partial charge is 0.328 e. The molecule has 1 heterocycles. The SMILES string of the molecule is CCOC1CCCN(C(=O)C=CC(=O)O)C1. The fourth-order valence-corrected chi connectivity index (χ4v) is 1.76. The summed E-state index contributed by atoms with van der Waals surface area (Å²) in [5, 5.41) is 8.41. The zero-order valence-corrected chi connectivity index (χ0v) is 9.39.